The van der Waals surface area contributed by atoms with Gasteiger partial charge in [0, 0.05) is 12.3 Å². The number of sulfonamides is 2. The zero-order valence-corrected chi connectivity index (χ0v) is 13.4. The van der Waals surface area contributed by atoms with Crippen molar-refractivity contribution >= 4 is 25.7 Å². The molecule has 0 fully saturated rings. The average molecular weight is 361 g/mol. The van der Waals surface area contributed by atoms with Gasteiger partial charge in [0.25, 0.3) is 20.0 Å². The number of methoxy groups -OCH3 is 1. The van der Waals surface area contributed by atoms with E-state index in [4.69, 9.17) is 9.88 Å². The van der Waals surface area contributed by atoms with Crippen molar-refractivity contribution in [1.82, 2.24) is 4.98 Å². The lowest BCUT2D eigenvalue weighted by Crippen LogP contribution is -2.16. The Morgan fingerprint density at radius 2 is 1.87 bits per heavy atom. The maximum Gasteiger partial charge on any atom is 0.262 e. The molecule has 0 saturated heterocycles. The van der Waals surface area contributed by atoms with Gasteiger partial charge in [-0.3, -0.25) is 4.72 Å². The van der Waals surface area contributed by atoms with Crippen LogP contribution < -0.4 is 14.6 Å². The SMILES string of the molecule is COc1ccc(S(=O)(=O)Nc2ccnc(S(N)(=O)=O)c2)cc1F. The summed E-state index contributed by atoms with van der Waals surface area (Å²) in [5.74, 6) is -0.959. The summed E-state index contributed by atoms with van der Waals surface area (Å²) in [6.07, 6.45) is 1.08. The molecule has 1 aromatic heterocycles. The highest BCUT2D eigenvalue weighted by Crippen LogP contribution is 2.23. The summed E-state index contributed by atoms with van der Waals surface area (Å²) < 4.78 is 67.2. The Balaban J connectivity index is 2.37. The molecule has 0 saturated carbocycles. The van der Waals surface area contributed by atoms with E-state index in [1.54, 1.807) is 0 Å². The molecule has 23 heavy (non-hydrogen) atoms. The third kappa shape index (κ3) is 3.94. The van der Waals surface area contributed by atoms with E-state index in [-0.39, 0.29) is 16.3 Å². The predicted octanol–water partition coefficient (Wildman–Crippen LogP) is 0.677. The van der Waals surface area contributed by atoms with E-state index in [9.17, 15) is 21.2 Å². The van der Waals surface area contributed by atoms with Gasteiger partial charge in [0.05, 0.1) is 17.7 Å². The van der Waals surface area contributed by atoms with Crippen molar-refractivity contribution in [3.63, 3.8) is 0 Å². The number of nitrogens with two attached hydrogens (primary N) is 1. The van der Waals surface area contributed by atoms with Gasteiger partial charge in [0.2, 0.25) is 0 Å². The zero-order valence-electron chi connectivity index (χ0n) is 11.7. The van der Waals surface area contributed by atoms with Crippen molar-refractivity contribution in [2.75, 3.05) is 11.8 Å². The van der Waals surface area contributed by atoms with Gasteiger partial charge >= 0.3 is 0 Å². The molecule has 0 atom stereocenters. The summed E-state index contributed by atoms with van der Waals surface area (Å²) >= 11 is 0. The molecule has 0 aliphatic heterocycles. The molecule has 1 heterocycles. The minimum Gasteiger partial charge on any atom is -0.494 e. The minimum absolute atomic E-state index is 0.0831. The second-order valence-electron chi connectivity index (χ2n) is 4.33. The fourth-order valence-corrected chi connectivity index (χ4v) is 3.22. The molecule has 3 N–H and O–H groups in total. The molecule has 1 aromatic carbocycles. The van der Waals surface area contributed by atoms with Crippen molar-refractivity contribution < 1.29 is 26.0 Å². The summed E-state index contributed by atoms with van der Waals surface area (Å²) in [5, 5.41) is 4.42. The van der Waals surface area contributed by atoms with E-state index >= 15 is 0 Å². The maximum atomic E-state index is 13.6. The van der Waals surface area contributed by atoms with Crippen molar-refractivity contribution in [3.8, 4) is 5.75 Å². The number of hydrogen-bond acceptors (Lipinski definition) is 6. The molecule has 0 unspecified atom stereocenters. The molecule has 2 rings (SSSR count). The van der Waals surface area contributed by atoms with Gasteiger partial charge in [-0.15, -0.1) is 0 Å². The first-order valence-electron chi connectivity index (χ1n) is 5.99. The van der Waals surface area contributed by atoms with Crippen LogP contribution in [-0.2, 0) is 20.0 Å². The predicted molar refractivity (Wildman–Crippen MR) is 79.4 cm³/mol. The number of halogens is 1. The lowest BCUT2D eigenvalue weighted by atomic mass is 10.3. The van der Waals surface area contributed by atoms with Gasteiger partial charge in [-0.05, 0) is 24.3 Å². The second-order valence-corrected chi connectivity index (χ2v) is 7.52. The topological polar surface area (TPSA) is 128 Å². The van der Waals surface area contributed by atoms with E-state index in [0.717, 1.165) is 30.5 Å². The molecule has 0 amide bonds. The van der Waals surface area contributed by atoms with E-state index in [1.165, 1.54) is 13.2 Å². The van der Waals surface area contributed by atoms with Crippen LogP contribution in [0.3, 0.4) is 0 Å². The van der Waals surface area contributed by atoms with Crippen LogP contribution in [0.4, 0.5) is 10.1 Å². The van der Waals surface area contributed by atoms with Crippen molar-refractivity contribution in [2.24, 2.45) is 5.14 Å². The fourth-order valence-electron chi connectivity index (χ4n) is 1.66. The first-order chi connectivity index (χ1) is 10.6. The number of pyridine rings is 1. The third-order valence-electron chi connectivity index (χ3n) is 2.71. The molecular weight excluding hydrogens is 349 g/mol. The van der Waals surface area contributed by atoms with E-state index in [1.807, 2.05) is 0 Å². The highest BCUT2D eigenvalue weighted by Gasteiger charge is 2.18. The van der Waals surface area contributed by atoms with Crippen LogP contribution in [0.1, 0.15) is 0 Å². The second kappa shape index (κ2) is 6.10. The normalized spacial score (nSPS) is 12.0. The van der Waals surface area contributed by atoms with E-state index < -0.39 is 30.9 Å². The number of ether oxygens (including phenoxy) is 1. The van der Waals surface area contributed by atoms with Crippen LogP contribution >= 0.6 is 0 Å². The average Bonchev–Trinajstić information content (AvgIpc) is 2.46. The van der Waals surface area contributed by atoms with Crippen LogP contribution in [0.15, 0.2) is 46.5 Å². The third-order valence-corrected chi connectivity index (χ3v) is 4.90. The van der Waals surface area contributed by atoms with Crippen LogP contribution in [0.5, 0.6) is 5.75 Å². The van der Waals surface area contributed by atoms with Gasteiger partial charge in [-0.2, -0.15) is 0 Å². The Morgan fingerprint density at radius 3 is 2.43 bits per heavy atom. The highest BCUT2D eigenvalue weighted by molar-refractivity contribution is 7.92. The summed E-state index contributed by atoms with van der Waals surface area (Å²) in [7, 11) is -6.97. The summed E-state index contributed by atoms with van der Waals surface area (Å²) in [5.41, 5.74) is -0.0831. The van der Waals surface area contributed by atoms with E-state index in [0.29, 0.717) is 0 Å². The van der Waals surface area contributed by atoms with Crippen LogP contribution in [-0.4, -0.2) is 28.9 Å². The molecule has 0 bridgehead atoms. The number of nitrogens with one attached hydrogen (secondary N) is 1. The van der Waals surface area contributed by atoms with Crippen LogP contribution in [0.2, 0.25) is 0 Å². The molecule has 0 spiro atoms. The van der Waals surface area contributed by atoms with Gasteiger partial charge in [-0.25, -0.2) is 31.3 Å². The Bertz CT molecular complexity index is 945. The van der Waals surface area contributed by atoms with Crippen molar-refractivity contribution in [3.05, 3.63) is 42.3 Å². The molecule has 0 aliphatic rings. The first kappa shape index (κ1) is 17.1. The van der Waals surface area contributed by atoms with Crippen molar-refractivity contribution in [1.29, 1.82) is 0 Å². The maximum absolute atomic E-state index is 13.6. The fraction of sp³-hybridized carbons (Fsp3) is 0.0833. The molecule has 124 valence electrons. The number of rotatable bonds is 5. The Kier molecular flexibility index (Phi) is 4.54. The summed E-state index contributed by atoms with van der Waals surface area (Å²) in [4.78, 5) is 3.17. The molecular formula is C12H12FN3O5S2. The zero-order chi connectivity index (χ0) is 17.3. The monoisotopic (exact) mass is 361 g/mol. The number of nitrogens with zero attached hydrogens (tertiary/aromatic N) is 1. The van der Waals surface area contributed by atoms with E-state index in [2.05, 4.69) is 9.71 Å². The Morgan fingerprint density at radius 1 is 1.17 bits per heavy atom. The molecule has 8 nitrogen and oxygen atoms in total. The lowest BCUT2D eigenvalue weighted by Gasteiger charge is -2.10. The molecule has 2 aromatic rings. The Labute approximate surface area is 132 Å². The molecule has 0 aliphatic carbocycles. The van der Waals surface area contributed by atoms with Gasteiger partial charge in [0.1, 0.15) is 0 Å². The number of aromatic nitrogens is 1. The first-order valence-corrected chi connectivity index (χ1v) is 9.01. The largest absolute Gasteiger partial charge is 0.494 e. The molecule has 0 radical (unpaired) electrons. The van der Waals surface area contributed by atoms with Gasteiger partial charge < -0.3 is 4.74 Å². The number of anilines is 1. The van der Waals surface area contributed by atoms with Crippen LogP contribution in [0.25, 0.3) is 0 Å². The summed E-state index contributed by atoms with van der Waals surface area (Å²) in [6, 6.07) is 5.26. The Hall–Kier alpha value is -2.24. The smallest absolute Gasteiger partial charge is 0.262 e. The quantitative estimate of drug-likeness (QED) is 0.806. The lowest BCUT2D eigenvalue weighted by molar-refractivity contribution is 0.385. The minimum atomic E-state index is -4.13. The highest BCUT2D eigenvalue weighted by atomic mass is 32.2. The number of hydrogen-bond donors (Lipinski definition) is 2. The number of primary sulfonamides is 1. The molecule has 11 heteroatoms. The van der Waals surface area contributed by atoms with Crippen molar-refractivity contribution in [2.45, 2.75) is 9.92 Å². The van der Waals surface area contributed by atoms with Crippen LogP contribution in [0, 0.1) is 5.82 Å². The van der Waals surface area contributed by atoms with Gasteiger partial charge in [0.15, 0.2) is 16.6 Å². The standard InChI is InChI=1S/C12H12FN3O5S2/c1-21-11-3-2-9(7-10(11)13)23(19,20)16-8-4-5-15-12(6-8)22(14,17)18/h2-7H,1H3,(H,15,16)(H2,14,17,18). The number of benzene rings is 1. The summed E-state index contributed by atoms with van der Waals surface area (Å²) in [6.45, 7) is 0. The van der Waals surface area contributed by atoms with Gasteiger partial charge in [-0.1, -0.05) is 0 Å².